The number of carbonyl (C=O) groups is 1. The highest BCUT2D eigenvalue weighted by atomic mass is 32.1. The zero-order valence-corrected chi connectivity index (χ0v) is 17.8. The van der Waals surface area contributed by atoms with Crippen LogP contribution < -0.4 is 10.1 Å². The van der Waals surface area contributed by atoms with E-state index in [1.807, 2.05) is 54.1 Å². The maximum Gasteiger partial charge on any atom is 0.244 e. The van der Waals surface area contributed by atoms with Crippen molar-refractivity contribution in [2.45, 2.75) is 20.1 Å². The monoisotopic (exact) mass is 437 g/mol. The topological polar surface area (TPSA) is 77.2 Å². The van der Waals surface area contributed by atoms with Crippen molar-refractivity contribution >= 4 is 34.7 Å². The standard InChI is InChI=1S/C22H19N3O3S2/c1-15-24-18(14-30-15)13-27-19-6-3-2-5-16(19)8-9-21(26)23-11-17-12-28-22(25-17)20-7-4-10-29-20/h2-10,12,14H,11,13H2,1H3,(H,23,26)/b9-8+. The number of benzene rings is 1. The van der Waals surface area contributed by atoms with Gasteiger partial charge >= 0.3 is 0 Å². The first-order valence-corrected chi connectivity index (χ1v) is 11.0. The highest BCUT2D eigenvalue weighted by molar-refractivity contribution is 7.13. The second-order valence-electron chi connectivity index (χ2n) is 6.36. The molecule has 152 valence electrons. The summed E-state index contributed by atoms with van der Waals surface area (Å²) in [5, 5.41) is 7.77. The molecule has 6 nitrogen and oxygen atoms in total. The Morgan fingerprint density at radius 3 is 2.87 bits per heavy atom. The summed E-state index contributed by atoms with van der Waals surface area (Å²) in [6.45, 7) is 2.64. The lowest BCUT2D eigenvalue weighted by molar-refractivity contribution is -0.116. The van der Waals surface area contributed by atoms with Gasteiger partial charge in [-0.05, 0) is 30.5 Å². The van der Waals surface area contributed by atoms with Crippen LogP contribution in [0.3, 0.4) is 0 Å². The molecule has 0 radical (unpaired) electrons. The lowest BCUT2D eigenvalue weighted by Gasteiger charge is -2.07. The number of nitrogens with one attached hydrogen (secondary N) is 1. The number of rotatable bonds is 8. The fourth-order valence-electron chi connectivity index (χ4n) is 2.68. The summed E-state index contributed by atoms with van der Waals surface area (Å²) in [5.74, 6) is 1.04. The van der Waals surface area contributed by atoms with Crippen LogP contribution >= 0.6 is 22.7 Å². The van der Waals surface area contributed by atoms with Crippen LogP contribution in [0.5, 0.6) is 5.75 Å². The van der Waals surface area contributed by atoms with Gasteiger partial charge in [0.05, 0.1) is 27.8 Å². The van der Waals surface area contributed by atoms with Crippen LogP contribution in [0.1, 0.15) is 22.0 Å². The minimum Gasteiger partial charge on any atom is -0.487 e. The fourth-order valence-corrected chi connectivity index (χ4v) is 3.93. The molecule has 0 atom stereocenters. The zero-order valence-electron chi connectivity index (χ0n) is 16.2. The van der Waals surface area contributed by atoms with E-state index in [-0.39, 0.29) is 5.91 Å². The van der Waals surface area contributed by atoms with Gasteiger partial charge in [0.1, 0.15) is 18.6 Å². The summed E-state index contributed by atoms with van der Waals surface area (Å²) in [6.07, 6.45) is 4.77. The molecule has 0 bridgehead atoms. The summed E-state index contributed by atoms with van der Waals surface area (Å²) in [5.41, 5.74) is 2.38. The van der Waals surface area contributed by atoms with Gasteiger partial charge in [-0.2, -0.15) is 0 Å². The normalized spacial score (nSPS) is 11.1. The van der Waals surface area contributed by atoms with Crippen LogP contribution in [-0.4, -0.2) is 15.9 Å². The number of oxazole rings is 1. The molecule has 0 aliphatic heterocycles. The van der Waals surface area contributed by atoms with E-state index in [0.717, 1.165) is 21.1 Å². The molecule has 1 N–H and O–H groups in total. The van der Waals surface area contributed by atoms with E-state index >= 15 is 0 Å². The van der Waals surface area contributed by atoms with Gasteiger partial charge in [-0.3, -0.25) is 4.79 Å². The van der Waals surface area contributed by atoms with Gasteiger partial charge in [-0.15, -0.1) is 22.7 Å². The molecule has 0 unspecified atom stereocenters. The number of hydrogen-bond donors (Lipinski definition) is 1. The molecule has 3 heterocycles. The number of carbonyl (C=O) groups excluding carboxylic acids is 1. The first kappa shape index (κ1) is 20.1. The molecule has 0 saturated heterocycles. The smallest absolute Gasteiger partial charge is 0.244 e. The first-order valence-electron chi connectivity index (χ1n) is 9.24. The Bertz CT molecular complexity index is 1150. The van der Waals surface area contributed by atoms with E-state index in [2.05, 4.69) is 15.3 Å². The lowest BCUT2D eigenvalue weighted by atomic mass is 10.2. The van der Waals surface area contributed by atoms with Gasteiger partial charge in [0, 0.05) is 17.0 Å². The predicted octanol–water partition coefficient (Wildman–Crippen LogP) is 5.08. The average Bonchev–Trinajstić information content (AvgIpc) is 3.51. The number of thiazole rings is 1. The van der Waals surface area contributed by atoms with Gasteiger partial charge in [-0.1, -0.05) is 24.3 Å². The molecule has 0 fully saturated rings. The molecule has 1 amide bonds. The summed E-state index contributed by atoms with van der Waals surface area (Å²) < 4.78 is 11.3. The molecular formula is C22H19N3O3S2. The van der Waals surface area contributed by atoms with Crippen molar-refractivity contribution in [2.75, 3.05) is 0 Å². The minimum atomic E-state index is -0.222. The van der Waals surface area contributed by atoms with Gasteiger partial charge < -0.3 is 14.5 Å². The van der Waals surface area contributed by atoms with Gasteiger partial charge in [-0.25, -0.2) is 9.97 Å². The number of ether oxygens (including phenoxy) is 1. The van der Waals surface area contributed by atoms with Gasteiger partial charge in [0.25, 0.3) is 0 Å². The van der Waals surface area contributed by atoms with Crippen LogP contribution in [-0.2, 0) is 17.9 Å². The molecule has 8 heteroatoms. The molecule has 4 aromatic rings. The molecule has 4 rings (SSSR count). The minimum absolute atomic E-state index is 0.222. The maximum absolute atomic E-state index is 12.2. The number of hydrogen-bond acceptors (Lipinski definition) is 7. The summed E-state index contributed by atoms with van der Waals surface area (Å²) >= 11 is 3.15. The molecule has 1 aromatic carbocycles. The van der Waals surface area contributed by atoms with Crippen molar-refractivity contribution < 1.29 is 13.9 Å². The molecule has 0 spiro atoms. The second kappa shape index (κ2) is 9.51. The third kappa shape index (κ3) is 5.22. The van der Waals surface area contributed by atoms with Crippen LogP contribution in [0.15, 0.2) is 63.9 Å². The van der Waals surface area contributed by atoms with Crippen molar-refractivity contribution in [1.82, 2.24) is 15.3 Å². The highest BCUT2D eigenvalue weighted by Crippen LogP contribution is 2.24. The number of nitrogens with zero attached hydrogens (tertiary/aromatic N) is 2. The van der Waals surface area contributed by atoms with Gasteiger partial charge in [0.15, 0.2) is 0 Å². The van der Waals surface area contributed by atoms with Crippen LogP contribution in [0, 0.1) is 6.92 Å². The Morgan fingerprint density at radius 1 is 1.17 bits per heavy atom. The fraction of sp³-hybridized carbons (Fsp3) is 0.136. The first-order chi connectivity index (χ1) is 14.7. The number of aryl methyl sites for hydroxylation is 1. The Balaban J connectivity index is 1.32. The van der Waals surface area contributed by atoms with E-state index in [0.29, 0.717) is 30.5 Å². The maximum atomic E-state index is 12.2. The zero-order chi connectivity index (χ0) is 20.8. The molecular weight excluding hydrogens is 418 g/mol. The van der Waals surface area contributed by atoms with Crippen LogP contribution in [0.4, 0.5) is 0 Å². The number of aromatic nitrogens is 2. The van der Waals surface area contributed by atoms with Crippen molar-refractivity contribution in [3.05, 3.63) is 81.5 Å². The highest BCUT2D eigenvalue weighted by Gasteiger charge is 2.08. The number of amides is 1. The van der Waals surface area contributed by atoms with E-state index in [4.69, 9.17) is 9.15 Å². The predicted molar refractivity (Wildman–Crippen MR) is 118 cm³/mol. The summed E-state index contributed by atoms with van der Waals surface area (Å²) in [4.78, 5) is 22.0. The van der Waals surface area contributed by atoms with E-state index in [9.17, 15) is 4.79 Å². The number of para-hydroxylation sites is 1. The molecule has 0 aliphatic carbocycles. The molecule has 30 heavy (non-hydrogen) atoms. The second-order valence-corrected chi connectivity index (χ2v) is 8.37. The Kier molecular flexibility index (Phi) is 6.36. The van der Waals surface area contributed by atoms with Crippen molar-refractivity contribution in [1.29, 1.82) is 0 Å². The van der Waals surface area contributed by atoms with Crippen molar-refractivity contribution in [3.8, 4) is 16.5 Å². The third-order valence-electron chi connectivity index (χ3n) is 4.10. The van der Waals surface area contributed by atoms with Crippen LogP contribution in [0.2, 0.25) is 0 Å². The van der Waals surface area contributed by atoms with Crippen molar-refractivity contribution in [3.63, 3.8) is 0 Å². The van der Waals surface area contributed by atoms with E-state index < -0.39 is 0 Å². The largest absolute Gasteiger partial charge is 0.487 e. The quantitative estimate of drug-likeness (QED) is 0.389. The number of thiophene rings is 1. The van der Waals surface area contributed by atoms with E-state index in [1.165, 1.54) is 6.08 Å². The van der Waals surface area contributed by atoms with E-state index in [1.54, 1.807) is 35.0 Å². The van der Waals surface area contributed by atoms with Crippen LogP contribution in [0.25, 0.3) is 16.8 Å². The Labute approximate surface area is 181 Å². The van der Waals surface area contributed by atoms with Crippen molar-refractivity contribution in [2.24, 2.45) is 0 Å². The molecule has 3 aromatic heterocycles. The molecule has 0 aliphatic rings. The Morgan fingerprint density at radius 2 is 2.07 bits per heavy atom. The lowest BCUT2D eigenvalue weighted by Crippen LogP contribution is -2.20. The SMILES string of the molecule is Cc1nc(COc2ccccc2/C=C/C(=O)NCc2coc(-c3cccs3)n2)cs1. The molecule has 0 saturated carbocycles. The average molecular weight is 438 g/mol. The third-order valence-corrected chi connectivity index (χ3v) is 5.78. The Hall–Kier alpha value is -3.23. The summed E-state index contributed by atoms with van der Waals surface area (Å²) in [7, 11) is 0. The summed E-state index contributed by atoms with van der Waals surface area (Å²) in [6, 6.07) is 11.5. The van der Waals surface area contributed by atoms with Gasteiger partial charge in [0.2, 0.25) is 11.8 Å².